The van der Waals surface area contributed by atoms with E-state index in [2.05, 4.69) is 20.4 Å². The van der Waals surface area contributed by atoms with Crippen LogP contribution in [-0.2, 0) is 4.74 Å². The Bertz CT molecular complexity index is 896. The van der Waals surface area contributed by atoms with E-state index < -0.39 is 5.60 Å². The molecule has 1 saturated heterocycles. The second-order valence-corrected chi connectivity index (χ2v) is 8.14. The number of anilines is 2. The number of para-hydroxylation sites is 1. The third-order valence-electron chi connectivity index (χ3n) is 4.90. The zero-order valence-electron chi connectivity index (χ0n) is 16.3. The van der Waals surface area contributed by atoms with Gasteiger partial charge in [-0.15, -0.1) is 10.2 Å². The Morgan fingerprint density at radius 2 is 2.04 bits per heavy atom. The number of carbonyl (C=O) groups excluding carboxylic acids is 1. The Kier molecular flexibility index (Phi) is 4.49. The van der Waals surface area contributed by atoms with E-state index in [-0.39, 0.29) is 17.9 Å². The van der Waals surface area contributed by atoms with Crippen LogP contribution in [0.1, 0.15) is 20.8 Å². The van der Waals surface area contributed by atoms with Crippen molar-refractivity contribution < 1.29 is 14.6 Å². The zero-order chi connectivity index (χ0) is 19.9. The first kappa shape index (κ1) is 18.3. The summed E-state index contributed by atoms with van der Waals surface area (Å²) in [6, 6.07) is 9.15. The van der Waals surface area contributed by atoms with E-state index in [0.717, 1.165) is 11.5 Å². The number of phenolic OH excluding ortho intramolecular Hbond substituents is 1. The van der Waals surface area contributed by atoms with Gasteiger partial charge >= 0.3 is 6.09 Å². The van der Waals surface area contributed by atoms with Gasteiger partial charge in [0.2, 0.25) is 0 Å². The molecule has 2 aromatic rings. The van der Waals surface area contributed by atoms with Crippen LogP contribution in [0.15, 0.2) is 30.3 Å². The molecule has 148 valence electrons. The molecular weight excluding hydrogens is 358 g/mol. The van der Waals surface area contributed by atoms with Gasteiger partial charge in [-0.2, -0.15) is 0 Å². The Morgan fingerprint density at radius 3 is 2.79 bits per heavy atom. The molecule has 1 atom stereocenters. The van der Waals surface area contributed by atoms with Crippen LogP contribution in [0.25, 0.3) is 11.3 Å². The van der Waals surface area contributed by atoms with Crippen LogP contribution in [0, 0.1) is 0 Å². The van der Waals surface area contributed by atoms with E-state index in [1.807, 2.05) is 39.0 Å². The molecule has 1 aromatic heterocycles. The number of nitrogens with zero attached hydrogens (tertiary/aromatic N) is 4. The lowest BCUT2D eigenvalue weighted by atomic mass is 10.1. The summed E-state index contributed by atoms with van der Waals surface area (Å²) in [4.78, 5) is 16.4. The molecule has 8 heteroatoms. The van der Waals surface area contributed by atoms with Crippen molar-refractivity contribution in [3.8, 4) is 17.0 Å². The van der Waals surface area contributed by atoms with Crippen molar-refractivity contribution in [1.82, 2.24) is 15.1 Å². The number of benzene rings is 1. The average Bonchev–Trinajstić information content (AvgIpc) is 2.66. The number of ether oxygens (including phenoxy) is 1. The van der Waals surface area contributed by atoms with Gasteiger partial charge in [0, 0.05) is 31.7 Å². The number of nitrogens with one attached hydrogen (secondary N) is 1. The number of aromatic nitrogens is 2. The van der Waals surface area contributed by atoms with E-state index in [4.69, 9.17) is 4.74 Å². The SMILES string of the molecule is CC(C)(C)OC(=O)N1CCN2c3cc(-c4ccccc4O)nnc3NC[C@H]2C1. The van der Waals surface area contributed by atoms with Gasteiger partial charge in [0.25, 0.3) is 0 Å². The minimum Gasteiger partial charge on any atom is -0.507 e. The first-order chi connectivity index (χ1) is 13.3. The normalized spacial score (nSPS) is 18.8. The molecule has 8 nitrogen and oxygen atoms in total. The minimum absolute atomic E-state index is 0.121. The van der Waals surface area contributed by atoms with Crippen molar-refractivity contribution in [3.63, 3.8) is 0 Å². The van der Waals surface area contributed by atoms with Gasteiger partial charge in [0.1, 0.15) is 11.4 Å². The summed E-state index contributed by atoms with van der Waals surface area (Å²) in [6.45, 7) is 8.15. The van der Waals surface area contributed by atoms with Crippen molar-refractivity contribution >= 4 is 17.6 Å². The van der Waals surface area contributed by atoms with E-state index in [0.29, 0.717) is 37.4 Å². The zero-order valence-corrected chi connectivity index (χ0v) is 16.3. The Hall–Kier alpha value is -3.03. The highest BCUT2D eigenvalue weighted by atomic mass is 16.6. The van der Waals surface area contributed by atoms with Crippen molar-refractivity contribution in [3.05, 3.63) is 30.3 Å². The van der Waals surface area contributed by atoms with Crippen molar-refractivity contribution in [2.75, 3.05) is 36.4 Å². The first-order valence-corrected chi connectivity index (χ1v) is 9.46. The van der Waals surface area contributed by atoms with Crippen LogP contribution >= 0.6 is 0 Å². The number of amides is 1. The number of fused-ring (bicyclic) bond motifs is 3. The van der Waals surface area contributed by atoms with Gasteiger partial charge in [0.15, 0.2) is 5.82 Å². The lowest BCUT2D eigenvalue weighted by molar-refractivity contribution is 0.0216. The summed E-state index contributed by atoms with van der Waals surface area (Å²) < 4.78 is 5.51. The molecule has 1 amide bonds. The van der Waals surface area contributed by atoms with E-state index >= 15 is 0 Å². The predicted octanol–water partition coefficient (Wildman–Crippen LogP) is 2.70. The third-order valence-corrected chi connectivity index (χ3v) is 4.90. The Labute approximate surface area is 164 Å². The molecule has 2 aliphatic rings. The molecule has 0 bridgehead atoms. The molecular formula is C20H25N5O3. The fraction of sp³-hybridized carbons (Fsp3) is 0.450. The molecule has 2 aliphatic heterocycles. The minimum atomic E-state index is -0.506. The third kappa shape index (κ3) is 3.54. The van der Waals surface area contributed by atoms with Crippen LogP contribution in [-0.4, -0.2) is 64.1 Å². The number of carbonyl (C=O) groups is 1. The van der Waals surface area contributed by atoms with Crippen LogP contribution in [0.5, 0.6) is 5.75 Å². The van der Waals surface area contributed by atoms with E-state index in [1.165, 1.54) is 0 Å². The maximum absolute atomic E-state index is 12.4. The summed E-state index contributed by atoms with van der Waals surface area (Å²) in [6.07, 6.45) is -0.277. The molecule has 1 aromatic carbocycles. The maximum Gasteiger partial charge on any atom is 0.410 e. The maximum atomic E-state index is 12.4. The summed E-state index contributed by atoms with van der Waals surface area (Å²) >= 11 is 0. The second-order valence-electron chi connectivity index (χ2n) is 8.14. The van der Waals surface area contributed by atoms with Gasteiger partial charge in [0.05, 0.1) is 17.4 Å². The lowest BCUT2D eigenvalue weighted by Gasteiger charge is -2.45. The number of aromatic hydroxyl groups is 1. The highest BCUT2D eigenvalue weighted by molar-refractivity contribution is 5.77. The van der Waals surface area contributed by atoms with Crippen LogP contribution in [0.2, 0.25) is 0 Å². The molecule has 4 rings (SSSR count). The fourth-order valence-corrected chi connectivity index (χ4v) is 3.60. The summed E-state index contributed by atoms with van der Waals surface area (Å²) in [7, 11) is 0. The fourth-order valence-electron chi connectivity index (χ4n) is 3.60. The molecule has 0 spiro atoms. The highest BCUT2D eigenvalue weighted by Gasteiger charge is 2.36. The van der Waals surface area contributed by atoms with Gasteiger partial charge < -0.3 is 25.0 Å². The van der Waals surface area contributed by atoms with Crippen LogP contribution in [0.4, 0.5) is 16.3 Å². The van der Waals surface area contributed by atoms with Gasteiger partial charge in [-0.05, 0) is 39.0 Å². The predicted molar refractivity (Wildman–Crippen MR) is 107 cm³/mol. The topological polar surface area (TPSA) is 90.8 Å². The van der Waals surface area contributed by atoms with E-state index in [1.54, 1.807) is 17.0 Å². The summed E-state index contributed by atoms with van der Waals surface area (Å²) in [5, 5.41) is 22.0. The van der Waals surface area contributed by atoms with E-state index in [9.17, 15) is 9.90 Å². The van der Waals surface area contributed by atoms with Gasteiger partial charge in [-0.25, -0.2) is 4.79 Å². The van der Waals surface area contributed by atoms with Crippen molar-refractivity contribution in [1.29, 1.82) is 0 Å². The number of rotatable bonds is 1. The summed E-state index contributed by atoms with van der Waals surface area (Å²) in [5.41, 5.74) is 1.70. The standard InChI is InChI=1S/C20H25N5O3/c1-20(2,3)28-19(27)24-8-9-25-13(12-24)11-21-18-16(25)10-15(22-23-18)14-6-4-5-7-17(14)26/h4-7,10,13,26H,8-9,11-12H2,1-3H3,(H,21,23)/t13-/m0/s1. The monoisotopic (exact) mass is 383 g/mol. The molecule has 2 N–H and O–H groups in total. The molecule has 28 heavy (non-hydrogen) atoms. The van der Waals surface area contributed by atoms with Crippen molar-refractivity contribution in [2.24, 2.45) is 0 Å². The molecule has 0 aliphatic carbocycles. The number of piperazine rings is 1. The number of phenols is 1. The molecule has 0 saturated carbocycles. The van der Waals surface area contributed by atoms with Crippen LogP contribution < -0.4 is 10.2 Å². The molecule has 0 unspecified atom stereocenters. The largest absolute Gasteiger partial charge is 0.507 e. The molecule has 3 heterocycles. The quantitative estimate of drug-likeness (QED) is 0.782. The number of hydrogen-bond acceptors (Lipinski definition) is 7. The van der Waals surface area contributed by atoms with Gasteiger partial charge in [-0.1, -0.05) is 12.1 Å². The Balaban J connectivity index is 1.56. The first-order valence-electron chi connectivity index (χ1n) is 9.46. The lowest BCUT2D eigenvalue weighted by Crippen LogP contribution is -2.59. The molecule has 1 fully saturated rings. The number of hydrogen-bond donors (Lipinski definition) is 2. The molecule has 0 radical (unpaired) electrons. The Morgan fingerprint density at radius 1 is 1.25 bits per heavy atom. The second kappa shape index (κ2) is 6.85. The van der Waals surface area contributed by atoms with Crippen LogP contribution in [0.3, 0.4) is 0 Å². The van der Waals surface area contributed by atoms with Crippen molar-refractivity contribution in [2.45, 2.75) is 32.4 Å². The summed E-state index contributed by atoms with van der Waals surface area (Å²) in [5.74, 6) is 0.896. The van der Waals surface area contributed by atoms with Gasteiger partial charge in [-0.3, -0.25) is 0 Å². The highest BCUT2D eigenvalue weighted by Crippen LogP contribution is 2.36. The average molecular weight is 383 g/mol. The smallest absolute Gasteiger partial charge is 0.410 e.